The van der Waals surface area contributed by atoms with Crippen molar-refractivity contribution in [2.24, 2.45) is 0 Å². The second-order valence-corrected chi connectivity index (χ2v) is 2.72. The number of hydrogen-bond donors (Lipinski definition) is 0. The lowest BCUT2D eigenvalue weighted by atomic mass is 10.5. The molecule has 0 N–H and O–H groups in total. The summed E-state index contributed by atoms with van der Waals surface area (Å²) in [5.41, 5.74) is 0. The van der Waals surface area contributed by atoms with Crippen LogP contribution in [-0.4, -0.2) is 16.6 Å². The third kappa shape index (κ3) is 2.84. The van der Waals surface area contributed by atoms with Crippen LogP contribution in [0.25, 0.3) is 0 Å². The Labute approximate surface area is 73.9 Å². The van der Waals surface area contributed by atoms with Gasteiger partial charge in [-0.2, -0.15) is 4.98 Å². The van der Waals surface area contributed by atoms with Crippen molar-refractivity contribution in [1.29, 1.82) is 0 Å². The molecule has 0 radical (unpaired) electrons. The third-order valence-electron chi connectivity index (χ3n) is 1.05. The van der Waals surface area contributed by atoms with E-state index in [-0.39, 0.29) is 0 Å². The van der Waals surface area contributed by atoms with E-state index < -0.39 is 0 Å². The molecule has 0 aliphatic carbocycles. The molecule has 0 spiro atoms. The molecule has 0 unspecified atom stereocenters. The molecular weight excluding hydrogens is 208 g/mol. The number of halogens is 1. The maximum atomic E-state index is 5.25. The van der Waals surface area contributed by atoms with Crippen LogP contribution in [-0.2, 0) is 0 Å². The van der Waals surface area contributed by atoms with Crippen LogP contribution in [0.5, 0.6) is 5.88 Å². The summed E-state index contributed by atoms with van der Waals surface area (Å²) in [4.78, 5) is 7.87. The maximum Gasteiger partial charge on any atom is 0.217 e. The standard InChI is InChI=1S/C7H9BrN2O/c1-2-5-11-6-3-4-9-7(8)10-6/h3-4H,2,5H2,1H3. The molecule has 0 saturated carbocycles. The van der Waals surface area contributed by atoms with Crippen molar-refractivity contribution in [3.8, 4) is 5.88 Å². The van der Waals surface area contributed by atoms with Crippen LogP contribution in [0.15, 0.2) is 17.0 Å². The normalized spacial score (nSPS) is 9.64. The Morgan fingerprint density at radius 3 is 3.09 bits per heavy atom. The van der Waals surface area contributed by atoms with Gasteiger partial charge in [0, 0.05) is 12.3 Å². The second kappa shape index (κ2) is 4.28. The van der Waals surface area contributed by atoms with E-state index >= 15 is 0 Å². The van der Waals surface area contributed by atoms with Gasteiger partial charge in [0.2, 0.25) is 5.88 Å². The zero-order valence-corrected chi connectivity index (χ0v) is 7.84. The molecule has 1 heterocycles. The summed E-state index contributed by atoms with van der Waals surface area (Å²) in [6, 6.07) is 1.74. The van der Waals surface area contributed by atoms with E-state index in [1.165, 1.54) is 0 Å². The van der Waals surface area contributed by atoms with Gasteiger partial charge in [0.25, 0.3) is 0 Å². The monoisotopic (exact) mass is 216 g/mol. The quantitative estimate of drug-likeness (QED) is 0.726. The van der Waals surface area contributed by atoms with Gasteiger partial charge >= 0.3 is 0 Å². The first-order valence-electron chi connectivity index (χ1n) is 3.44. The summed E-state index contributed by atoms with van der Waals surface area (Å²) in [5.74, 6) is 0.619. The zero-order chi connectivity index (χ0) is 8.10. The fourth-order valence-electron chi connectivity index (χ4n) is 0.607. The largest absolute Gasteiger partial charge is 0.478 e. The summed E-state index contributed by atoms with van der Waals surface area (Å²) in [7, 11) is 0. The van der Waals surface area contributed by atoms with Gasteiger partial charge in [-0.25, -0.2) is 4.98 Å². The molecule has 3 nitrogen and oxygen atoms in total. The van der Waals surface area contributed by atoms with Crippen molar-refractivity contribution in [3.63, 3.8) is 0 Å². The fraction of sp³-hybridized carbons (Fsp3) is 0.429. The first-order chi connectivity index (χ1) is 5.33. The van der Waals surface area contributed by atoms with E-state index in [1.807, 2.05) is 0 Å². The highest BCUT2D eigenvalue weighted by Crippen LogP contribution is 2.08. The maximum absolute atomic E-state index is 5.25. The van der Waals surface area contributed by atoms with Gasteiger partial charge in [0.15, 0.2) is 4.73 Å². The number of ether oxygens (including phenoxy) is 1. The second-order valence-electron chi connectivity index (χ2n) is 2.01. The van der Waals surface area contributed by atoms with Crippen molar-refractivity contribution in [2.45, 2.75) is 13.3 Å². The summed E-state index contributed by atoms with van der Waals surface area (Å²) >= 11 is 3.15. The molecule has 1 aromatic heterocycles. The molecule has 1 rings (SSSR count). The van der Waals surface area contributed by atoms with Gasteiger partial charge in [0.05, 0.1) is 6.61 Å². The van der Waals surface area contributed by atoms with Crippen LogP contribution in [0.3, 0.4) is 0 Å². The average Bonchev–Trinajstić information content (AvgIpc) is 2.01. The van der Waals surface area contributed by atoms with Gasteiger partial charge in [0.1, 0.15) is 0 Å². The van der Waals surface area contributed by atoms with Crippen LogP contribution in [0.2, 0.25) is 0 Å². The summed E-state index contributed by atoms with van der Waals surface area (Å²) in [5, 5.41) is 0. The average molecular weight is 217 g/mol. The fourth-order valence-corrected chi connectivity index (χ4v) is 0.900. The lowest BCUT2D eigenvalue weighted by molar-refractivity contribution is 0.304. The Balaban J connectivity index is 2.56. The van der Waals surface area contributed by atoms with Crippen LogP contribution < -0.4 is 4.74 Å². The first kappa shape index (κ1) is 8.46. The summed E-state index contributed by atoms with van der Waals surface area (Å²) < 4.78 is 5.82. The molecule has 0 aromatic carbocycles. The van der Waals surface area contributed by atoms with Gasteiger partial charge in [-0.05, 0) is 22.4 Å². The van der Waals surface area contributed by atoms with Crippen LogP contribution in [0, 0.1) is 0 Å². The predicted octanol–water partition coefficient (Wildman–Crippen LogP) is 2.03. The molecule has 60 valence electrons. The van der Waals surface area contributed by atoms with Gasteiger partial charge in [-0.1, -0.05) is 6.92 Å². The molecule has 0 amide bonds. The molecule has 1 aromatic rings. The Hall–Kier alpha value is -0.640. The molecule has 0 saturated heterocycles. The van der Waals surface area contributed by atoms with Crippen molar-refractivity contribution in [1.82, 2.24) is 9.97 Å². The smallest absolute Gasteiger partial charge is 0.217 e. The Morgan fingerprint density at radius 1 is 1.64 bits per heavy atom. The van der Waals surface area contributed by atoms with Crippen molar-refractivity contribution >= 4 is 15.9 Å². The van der Waals surface area contributed by atoms with E-state index in [1.54, 1.807) is 12.3 Å². The molecule has 0 bridgehead atoms. The van der Waals surface area contributed by atoms with Gasteiger partial charge < -0.3 is 4.74 Å². The number of nitrogens with zero attached hydrogens (tertiary/aromatic N) is 2. The molecular formula is C7H9BrN2O. The Morgan fingerprint density at radius 2 is 2.45 bits per heavy atom. The molecule has 0 fully saturated rings. The third-order valence-corrected chi connectivity index (χ3v) is 1.44. The van der Waals surface area contributed by atoms with Crippen molar-refractivity contribution in [2.75, 3.05) is 6.61 Å². The molecule has 0 aliphatic heterocycles. The minimum atomic E-state index is 0.561. The van der Waals surface area contributed by atoms with Crippen molar-refractivity contribution < 1.29 is 4.74 Å². The van der Waals surface area contributed by atoms with E-state index in [9.17, 15) is 0 Å². The number of hydrogen-bond acceptors (Lipinski definition) is 3. The summed E-state index contributed by atoms with van der Waals surface area (Å²) in [6.07, 6.45) is 2.64. The van der Waals surface area contributed by atoms with E-state index in [2.05, 4.69) is 32.8 Å². The molecule has 0 aliphatic rings. The zero-order valence-electron chi connectivity index (χ0n) is 6.25. The van der Waals surface area contributed by atoms with Gasteiger partial charge in [-0.3, -0.25) is 0 Å². The minimum absolute atomic E-state index is 0.561. The first-order valence-corrected chi connectivity index (χ1v) is 4.23. The van der Waals surface area contributed by atoms with E-state index in [0.717, 1.165) is 6.42 Å². The highest BCUT2D eigenvalue weighted by molar-refractivity contribution is 9.10. The highest BCUT2D eigenvalue weighted by atomic mass is 79.9. The van der Waals surface area contributed by atoms with Crippen molar-refractivity contribution in [3.05, 3.63) is 17.0 Å². The lowest BCUT2D eigenvalue weighted by Gasteiger charge is -2.01. The molecule has 11 heavy (non-hydrogen) atoms. The van der Waals surface area contributed by atoms with Gasteiger partial charge in [-0.15, -0.1) is 0 Å². The molecule has 4 heteroatoms. The minimum Gasteiger partial charge on any atom is -0.478 e. The highest BCUT2D eigenvalue weighted by Gasteiger charge is 1.94. The number of aromatic nitrogens is 2. The Bertz CT molecular complexity index is 229. The number of rotatable bonds is 3. The van der Waals surface area contributed by atoms with Crippen LogP contribution in [0.4, 0.5) is 0 Å². The van der Waals surface area contributed by atoms with E-state index in [0.29, 0.717) is 17.2 Å². The SMILES string of the molecule is CCCOc1ccnc(Br)n1. The predicted molar refractivity (Wildman–Crippen MR) is 45.5 cm³/mol. The summed E-state index contributed by atoms with van der Waals surface area (Å²) in [6.45, 7) is 2.75. The molecule has 0 atom stereocenters. The van der Waals surface area contributed by atoms with Crippen LogP contribution >= 0.6 is 15.9 Å². The van der Waals surface area contributed by atoms with Crippen LogP contribution in [0.1, 0.15) is 13.3 Å². The Kier molecular flexibility index (Phi) is 3.29. The lowest BCUT2D eigenvalue weighted by Crippen LogP contribution is -1.97. The van der Waals surface area contributed by atoms with E-state index in [4.69, 9.17) is 4.74 Å². The topological polar surface area (TPSA) is 35.0 Å².